The van der Waals surface area contributed by atoms with E-state index in [1.165, 1.54) is 19.3 Å². The Hall–Kier alpha value is -3.35. The van der Waals surface area contributed by atoms with Crippen LogP contribution < -0.4 is 4.74 Å². The number of hydrogen-bond acceptors (Lipinski definition) is 3. The molecule has 0 amide bonds. The lowest BCUT2D eigenvalue weighted by Crippen LogP contribution is -2.33. The van der Waals surface area contributed by atoms with Crippen molar-refractivity contribution in [3.05, 3.63) is 101 Å². The molecule has 4 aromatic carbocycles. The van der Waals surface area contributed by atoms with Crippen LogP contribution in [0.5, 0.6) is 5.75 Å². The highest BCUT2D eigenvalue weighted by atomic mass is 19.1. The van der Waals surface area contributed by atoms with Gasteiger partial charge in [-0.15, -0.1) is 0 Å². The summed E-state index contributed by atoms with van der Waals surface area (Å²) in [5, 5.41) is 12.9. The predicted molar refractivity (Wildman–Crippen MR) is 136 cm³/mol. The molecule has 6 heteroatoms. The zero-order chi connectivity index (χ0) is 25.1. The van der Waals surface area contributed by atoms with Crippen molar-refractivity contribution in [3.63, 3.8) is 0 Å². The SMILES string of the molecule is OC(c1ccc(OCCN2CCCCC2)cc1)c1c(-c2c(F)cc(F)cc2F)ccc2ccccc12. The molecular weight excluding hydrogens is 463 g/mol. The van der Waals surface area contributed by atoms with E-state index in [2.05, 4.69) is 4.90 Å². The first-order valence-electron chi connectivity index (χ1n) is 12.3. The van der Waals surface area contributed by atoms with Crippen LogP contribution in [0.2, 0.25) is 0 Å². The van der Waals surface area contributed by atoms with Gasteiger partial charge in [0.1, 0.15) is 35.9 Å². The minimum absolute atomic E-state index is 0.179. The lowest BCUT2D eigenvalue weighted by molar-refractivity contribution is 0.183. The lowest BCUT2D eigenvalue weighted by atomic mass is 9.88. The van der Waals surface area contributed by atoms with Gasteiger partial charge in [-0.1, -0.05) is 55.0 Å². The third-order valence-corrected chi connectivity index (χ3v) is 6.84. The van der Waals surface area contributed by atoms with Gasteiger partial charge in [-0.3, -0.25) is 4.90 Å². The van der Waals surface area contributed by atoms with Gasteiger partial charge in [0.25, 0.3) is 0 Å². The number of benzene rings is 4. The summed E-state index contributed by atoms with van der Waals surface area (Å²) in [6, 6.07) is 19.0. The third-order valence-electron chi connectivity index (χ3n) is 6.84. The van der Waals surface area contributed by atoms with E-state index in [4.69, 9.17) is 4.74 Å². The number of likely N-dealkylation sites (tertiary alicyclic amines) is 1. The van der Waals surface area contributed by atoms with Crippen molar-refractivity contribution >= 4 is 10.8 Å². The highest BCUT2D eigenvalue weighted by Crippen LogP contribution is 2.39. The molecule has 186 valence electrons. The molecule has 5 rings (SSSR count). The van der Waals surface area contributed by atoms with Crippen LogP contribution in [0.3, 0.4) is 0 Å². The van der Waals surface area contributed by atoms with E-state index >= 15 is 0 Å². The Kier molecular flexibility index (Phi) is 7.25. The number of piperidine rings is 1. The van der Waals surface area contributed by atoms with E-state index in [1.54, 1.807) is 48.5 Å². The number of halogens is 3. The number of fused-ring (bicyclic) bond motifs is 1. The van der Waals surface area contributed by atoms with Crippen molar-refractivity contribution in [2.75, 3.05) is 26.2 Å². The fourth-order valence-corrected chi connectivity index (χ4v) is 5.00. The normalized spacial score (nSPS) is 15.2. The topological polar surface area (TPSA) is 32.7 Å². The number of nitrogens with zero attached hydrogens (tertiary/aromatic N) is 1. The molecule has 1 aliphatic rings. The van der Waals surface area contributed by atoms with Crippen molar-refractivity contribution in [1.82, 2.24) is 4.90 Å². The zero-order valence-electron chi connectivity index (χ0n) is 19.9. The number of aliphatic hydroxyl groups excluding tert-OH is 1. The van der Waals surface area contributed by atoms with Gasteiger partial charge in [0.2, 0.25) is 0 Å². The largest absolute Gasteiger partial charge is 0.492 e. The highest BCUT2D eigenvalue weighted by Gasteiger charge is 2.23. The Bertz CT molecular complexity index is 1330. The van der Waals surface area contributed by atoms with Gasteiger partial charge in [-0.2, -0.15) is 0 Å². The molecule has 4 aromatic rings. The second-order valence-electron chi connectivity index (χ2n) is 9.21. The minimum Gasteiger partial charge on any atom is -0.492 e. The van der Waals surface area contributed by atoms with Gasteiger partial charge in [0.15, 0.2) is 0 Å². The first-order chi connectivity index (χ1) is 17.5. The molecule has 1 unspecified atom stereocenters. The number of ether oxygens (including phenoxy) is 1. The Labute approximate surface area is 208 Å². The second-order valence-corrected chi connectivity index (χ2v) is 9.21. The van der Waals surface area contributed by atoms with Crippen LogP contribution in [-0.2, 0) is 0 Å². The second kappa shape index (κ2) is 10.7. The van der Waals surface area contributed by atoms with Crippen molar-refractivity contribution in [1.29, 1.82) is 0 Å². The van der Waals surface area contributed by atoms with Crippen LogP contribution in [-0.4, -0.2) is 36.2 Å². The van der Waals surface area contributed by atoms with Crippen LogP contribution in [0.1, 0.15) is 36.5 Å². The summed E-state index contributed by atoms with van der Waals surface area (Å²) in [6.07, 6.45) is 2.58. The molecule has 0 spiro atoms. The summed E-state index contributed by atoms with van der Waals surface area (Å²) < 4.78 is 49.0. The van der Waals surface area contributed by atoms with Gasteiger partial charge in [-0.25, -0.2) is 13.2 Å². The smallest absolute Gasteiger partial charge is 0.136 e. The quantitative estimate of drug-likeness (QED) is 0.306. The molecule has 1 saturated heterocycles. The Morgan fingerprint density at radius 3 is 2.25 bits per heavy atom. The molecule has 1 fully saturated rings. The summed E-state index contributed by atoms with van der Waals surface area (Å²) >= 11 is 0. The van der Waals surface area contributed by atoms with Crippen LogP contribution in [0.4, 0.5) is 13.2 Å². The Balaban J connectivity index is 1.45. The average Bonchev–Trinajstić information content (AvgIpc) is 2.88. The molecule has 36 heavy (non-hydrogen) atoms. The van der Waals surface area contributed by atoms with Crippen molar-refractivity contribution in [2.24, 2.45) is 0 Å². The maximum absolute atomic E-state index is 14.8. The standard InChI is InChI=1S/C30H28F3NO2/c31-22-18-26(32)29(27(33)19-22)25-13-10-20-6-2-3-7-24(20)28(25)30(35)21-8-11-23(12-9-21)36-17-16-34-14-4-1-5-15-34/h2-3,6-13,18-19,30,35H,1,4-5,14-17H2. The first-order valence-corrected chi connectivity index (χ1v) is 12.3. The van der Waals surface area contributed by atoms with E-state index < -0.39 is 23.6 Å². The van der Waals surface area contributed by atoms with Crippen molar-refractivity contribution in [3.8, 4) is 16.9 Å². The fourth-order valence-electron chi connectivity index (χ4n) is 5.00. The summed E-state index contributed by atoms with van der Waals surface area (Å²) in [4.78, 5) is 2.40. The summed E-state index contributed by atoms with van der Waals surface area (Å²) in [5.41, 5.74) is 0.724. The van der Waals surface area contributed by atoms with E-state index in [9.17, 15) is 18.3 Å². The lowest BCUT2D eigenvalue weighted by Gasteiger charge is -2.26. The molecule has 3 nitrogen and oxygen atoms in total. The molecule has 0 saturated carbocycles. The van der Waals surface area contributed by atoms with E-state index in [0.29, 0.717) is 41.0 Å². The molecular formula is C30H28F3NO2. The number of rotatable bonds is 7. The maximum Gasteiger partial charge on any atom is 0.136 e. The Morgan fingerprint density at radius 1 is 0.833 bits per heavy atom. The summed E-state index contributed by atoms with van der Waals surface area (Å²) in [6.45, 7) is 3.67. The van der Waals surface area contributed by atoms with Gasteiger partial charge in [0, 0.05) is 24.2 Å². The highest BCUT2D eigenvalue weighted by molar-refractivity contribution is 5.92. The van der Waals surface area contributed by atoms with E-state index in [-0.39, 0.29) is 11.1 Å². The fraction of sp³-hybridized carbons (Fsp3) is 0.267. The summed E-state index contributed by atoms with van der Waals surface area (Å²) in [5.74, 6) is -2.34. The molecule has 1 atom stereocenters. The molecule has 1 heterocycles. The van der Waals surface area contributed by atoms with E-state index in [1.807, 2.05) is 12.1 Å². The predicted octanol–water partition coefficient (Wildman–Crippen LogP) is 6.87. The van der Waals surface area contributed by atoms with Gasteiger partial charge in [0.05, 0.1) is 5.56 Å². The monoisotopic (exact) mass is 491 g/mol. The van der Waals surface area contributed by atoms with Crippen LogP contribution in [0.25, 0.3) is 21.9 Å². The molecule has 1 N–H and O–H groups in total. The summed E-state index contributed by atoms with van der Waals surface area (Å²) in [7, 11) is 0. The molecule has 0 aliphatic carbocycles. The first kappa shape index (κ1) is 24.3. The molecule has 0 radical (unpaired) electrons. The van der Waals surface area contributed by atoms with E-state index in [0.717, 1.165) is 25.0 Å². The number of hydrogen-bond donors (Lipinski definition) is 1. The zero-order valence-corrected chi connectivity index (χ0v) is 19.9. The molecule has 1 aliphatic heterocycles. The van der Waals surface area contributed by atoms with Crippen LogP contribution in [0.15, 0.2) is 72.8 Å². The van der Waals surface area contributed by atoms with Crippen LogP contribution >= 0.6 is 0 Å². The molecule has 0 aromatic heterocycles. The van der Waals surface area contributed by atoms with Gasteiger partial charge < -0.3 is 9.84 Å². The van der Waals surface area contributed by atoms with Gasteiger partial charge >= 0.3 is 0 Å². The van der Waals surface area contributed by atoms with Crippen LogP contribution in [0, 0.1) is 17.5 Å². The molecule has 0 bridgehead atoms. The average molecular weight is 492 g/mol. The third kappa shape index (κ3) is 5.11. The van der Waals surface area contributed by atoms with Crippen molar-refractivity contribution in [2.45, 2.75) is 25.4 Å². The Morgan fingerprint density at radius 2 is 1.53 bits per heavy atom. The van der Waals surface area contributed by atoms with Gasteiger partial charge in [-0.05, 0) is 60.0 Å². The van der Waals surface area contributed by atoms with Crippen molar-refractivity contribution < 1.29 is 23.0 Å². The minimum atomic E-state index is -1.17. The maximum atomic E-state index is 14.8. The number of aliphatic hydroxyl groups is 1.